The first-order chi connectivity index (χ1) is 14.2. The van der Waals surface area contributed by atoms with Crippen molar-refractivity contribution in [1.82, 2.24) is 15.5 Å². The average Bonchev–Trinajstić information content (AvgIpc) is 3.24. The number of nitrogens with one attached hydrogen (secondary N) is 2. The van der Waals surface area contributed by atoms with Gasteiger partial charge in [0, 0.05) is 39.9 Å². The van der Waals surface area contributed by atoms with Crippen LogP contribution in [0.25, 0.3) is 0 Å². The maximum Gasteiger partial charge on any atom is 0.191 e. The Hall–Kier alpha value is -1.10. The molecule has 1 aliphatic rings. The summed E-state index contributed by atoms with van der Waals surface area (Å²) in [5.74, 6) is 1.71. The zero-order valence-corrected chi connectivity index (χ0v) is 21.0. The van der Waals surface area contributed by atoms with E-state index in [9.17, 15) is 0 Å². The van der Waals surface area contributed by atoms with Gasteiger partial charge in [0.25, 0.3) is 0 Å². The third-order valence-corrected chi connectivity index (χ3v) is 4.71. The van der Waals surface area contributed by atoms with Crippen molar-refractivity contribution in [3.05, 3.63) is 29.8 Å². The molecule has 7 nitrogen and oxygen atoms in total. The van der Waals surface area contributed by atoms with Crippen molar-refractivity contribution in [2.24, 2.45) is 4.99 Å². The summed E-state index contributed by atoms with van der Waals surface area (Å²) in [5, 5.41) is 6.66. The fourth-order valence-electron chi connectivity index (χ4n) is 3.05. The minimum Gasteiger partial charge on any atom is -0.494 e. The lowest BCUT2D eigenvalue weighted by Gasteiger charge is -2.13. The minimum absolute atomic E-state index is 0. The lowest BCUT2D eigenvalue weighted by atomic mass is 10.2. The molecule has 0 radical (unpaired) electrons. The number of hydrogen-bond donors (Lipinski definition) is 2. The summed E-state index contributed by atoms with van der Waals surface area (Å²) >= 11 is 0. The number of hydrogen-bond acceptors (Lipinski definition) is 5. The Morgan fingerprint density at radius 2 is 1.97 bits per heavy atom. The molecule has 8 heteroatoms. The number of halogens is 1. The molecule has 2 rings (SSSR count). The molecule has 1 aromatic rings. The van der Waals surface area contributed by atoms with Crippen molar-refractivity contribution >= 4 is 29.9 Å². The van der Waals surface area contributed by atoms with Crippen LogP contribution in [0.5, 0.6) is 5.75 Å². The second-order valence-corrected chi connectivity index (χ2v) is 7.57. The number of aliphatic imine (C=N–C) groups is 1. The van der Waals surface area contributed by atoms with Crippen molar-refractivity contribution in [3.63, 3.8) is 0 Å². The maximum absolute atomic E-state index is 5.77. The Labute approximate surface area is 199 Å². The normalized spacial score (nSPS) is 16.4. The van der Waals surface area contributed by atoms with Crippen molar-refractivity contribution < 1.29 is 14.2 Å². The second kappa shape index (κ2) is 16.6. The Morgan fingerprint density at radius 1 is 1.17 bits per heavy atom. The van der Waals surface area contributed by atoms with Crippen LogP contribution in [0.1, 0.15) is 31.2 Å². The van der Waals surface area contributed by atoms with Gasteiger partial charge in [-0.3, -0.25) is 4.99 Å². The van der Waals surface area contributed by atoms with Crippen molar-refractivity contribution in [2.45, 2.75) is 38.3 Å². The zero-order valence-electron chi connectivity index (χ0n) is 18.7. The van der Waals surface area contributed by atoms with E-state index in [0.29, 0.717) is 12.7 Å². The smallest absolute Gasteiger partial charge is 0.191 e. The number of ether oxygens (including phenoxy) is 3. The Balaban J connectivity index is 0.00000450. The van der Waals surface area contributed by atoms with Crippen LogP contribution >= 0.6 is 24.0 Å². The highest BCUT2D eigenvalue weighted by Crippen LogP contribution is 2.13. The van der Waals surface area contributed by atoms with Crippen LogP contribution in [0, 0.1) is 0 Å². The topological polar surface area (TPSA) is 67.4 Å². The summed E-state index contributed by atoms with van der Waals surface area (Å²) in [6, 6.07) is 8.21. The van der Waals surface area contributed by atoms with E-state index in [4.69, 9.17) is 14.2 Å². The fraction of sp³-hybridized carbons (Fsp3) is 0.682. The predicted octanol–water partition coefficient (Wildman–Crippen LogP) is 2.89. The van der Waals surface area contributed by atoms with Gasteiger partial charge in [0.15, 0.2) is 5.96 Å². The summed E-state index contributed by atoms with van der Waals surface area (Å²) in [5.41, 5.74) is 1.19. The van der Waals surface area contributed by atoms with E-state index in [1.165, 1.54) is 5.56 Å². The fourth-order valence-corrected chi connectivity index (χ4v) is 3.05. The molecule has 1 aliphatic heterocycles. The number of rotatable bonds is 13. The number of nitrogens with zero attached hydrogens (tertiary/aromatic N) is 2. The first-order valence-corrected chi connectivity index (χ1v) is 10.7. The molecule has 1 aromatic carbocycles. The Bertz CT molecular complexity index is 578. The first-order valence-electron chi connectivity index (χ1n) is 10.7. The zero-order chi connectivity index (χ0) is 20.7. The van der Waals surface area contributed by atoms with Gasteiger partial charge in [-0.25, -0.2) is 0 Å². The molecule has 0 aliphatic carbocycles. The highest BCUT2D eigenvalue weighted by atomic mass is 127. The molecule has 1 fully saturated rings. The van der Waals surface area contributed by atoms with Crippen molar-refractivity contribution in [2.75, 3.05) is 60.7 Å². The summed E-state index contributed by atoms with van der Waals surface area (Å²) in [6.07, 6.45) is 4.54. The number of guanidine groups is 1. The van der Waals surface area contributed by atoms with E-state index >= 15 is 0 Å². The molecule has 172 valence electrons. The van der Waals surface area contributed by atoms with Gasteiger partial charge in [-0.15, -0.1) is 24.0 Å². The molecule has 30 heavy (non-hydrogen) atoms. The third kappa shape index (κ3) is 11.9. The molecule has 0 saturated carbocycles. The molecule has 0 amide bonds. The minimum atomic E-state index is 0. The summed E-state index contributed by atoms with van der Waals surface area (Å²) in [4.78, 5) is 6.43. The average molecular weight is 534 g/mol. The van der Waals surface area contributed by atoms with Crippen molar-refractivity contribution in [1.29, 1.82) is 0 Å². The standard InChI is InChI=1S/C22H38N4O3.HI/c1-23-22(24-12-5-14-27-18-21-7-4-15-29-21)25-17-19-8-10-20(11-9-19)28-16-6-13-26(2)3;/h8-11,21H,4-7,12-18H2,1-3H3,(H2,23,24,25);1H. The summed E-state index contributed by atoms with van der Waals surface area (Å²) in [6.45, 7) is 5.65. The second-order valence-electron chi connectivity index (χ2n) is 7.57. The van der Waals surface area contributed by atoms with Gasteiger partial charge in [0.05, 0.1) is 19.3 Å². The highest BCUT2D eigenvalue weighted by molar-refractivity contribution is 14.0. The van der Waals surface area contributed by atoms with E-state index in [-0.39, 0.29) is 24.0 Å². The predicted molar refractivity (Wildman–Crippen MR) is 133 cm³/mol. The third-order valence-electron chi connectivity index (χ3n) is 4.71. The first kappa shape index (κ1) is 26.9. The van der Waals surface area contributed by atoms with Crippen LogP contribution in [-0.4, -0.2) is 77.6 Å². The molecule has 0 spiro atoms. The highest BCUT2D eigenvalue weighted by Gasteiger charge is 2.14. The molecule has 1 heterocycles. The van der Waals surface area contributed by atoms with E-state index in [1.807, 2.05) is 12.1 Å². The van der Waals surface area contributed by atoms with Gasteiger partial charge in [-0.1, -0.05) is 12.1 Å². The molecular formula is C22H39IN4O3. The van der Waals surface area contributed by atoms with Crippen LogP contribution in [0.2, 0.25) is 0 Å². The monoisotopic (exact) mass is 534 g/mol. The SMILES string of the molecule is CN=C(NCCCOCC1CCCO1)NCc1ccc(OCCCN(C)C)cc1.I. The maximum atomic E-state index is 5.77. The molecular weight excluding hydrogens is 495 g/mol. The lowest BCUT2D eigenvalue weighted by Crippen LogP contribution is -2.37. The summed E-state index contributed by atoms with van der Waals surface area (Å²) < 4.78 is 17.0. The molecule has 0 bridgehead atoms. The van der Waals surface area contributed by atoms with Crippen LogP contribution in [0.15, 0.2) is 29.3 Å². The molecule has 0 aromatic heterocycles. The van der Waals surface area contributed by atoms with Gasteiger partial charge < -0.3 is 29.7 Å². The van der Waals surface area contributed by atoms with Crippen LogP contribution in [-0.2, 0) is 16.0 Å². The van der Waals surface area contributed by atoms with E-state index in [2.05, 4.69) is 46.8 Å². The van der Waals surface area contributed by atoms with Gasteiger partial charge in [0.1, 0.15) is 5.75 Å². The quantitative estimate of drug-likeness (QED) is 0.176. The van der Waals surface area contributed by atoms with E-state index in [0.717, 1.165) is 76.8 Å². The lowest BCUT2D eigenvalue weighted by molar-refractivity contribution is 0.0168. The van der Waals surface area contributed by atoms with Crippen LogP contribution < -0.4 is 15.4 Å². The number of benzene rings is 1. The van der Waals surface area contributed by atoms with Crippen molar-refractivity contribution in [3.8, 4) is 5.75 Å². The molecule has 1 saturated heterocycles. The largest absolute Gasteiger partial charge is 0.494 e. The Morgan fingerprint density at radius 3 is 2.63 bits per heavy atom. The molecule has 2 N–H and O–H groups in total. The van der Waals surface area contributed by atoms with Crippen LogP contribution in [0.3, 0.4) is 0 Å². The van der Waals surface area contributed by atoms with Crippen LogP contribution in [0.4, 0.5) is 0 Å². The van der Waals surface area contributed by atoms with Gasteiger partial charge in [0.2, 0.25) is 0 Å². The summed E-state index contributed by atoms with van der Waals surface area (Å²) in [7, 11) is 5.93. The van der Waals surface area contributed by atoms with Gasteiger partial charge in [-0.2, -0.15) is 0 Å². The van der Waals surface area contributed by atoms with Gasteiger partial charge >= 0.3 is 0 Å². The van der Waals surface area contributed by atoms with Gasteiger partial charge in [-0.05, 0) is 57.5 Å². The molecule has 1 unspecified atom stereocenters. The molecule has 1 atom stereocenters. The van der Waals surface area contributed by atoms with E-state index < -0.39 is 0 Å². The Kier molecular flexibility index (Phi) is 14.9. The van der Waals surface area contributed by atoms with E-state index in [1.54, 1.807) is 7.05 Å².